The van der Waals surface area contributed by atoms with Gasteiger partial charge < -0.3 is 10.0 Å². The molecule has 0 aliphatic carbocycles. The molecule has 4 nitrogen and oxygen atoms in total. The quantitative estimate of drug-likeness (QED) is 0.929. The molecule has 112 valence electrons. The Morgan fingerprint density at radius 2 is 2.14 bits per heavy atom. The first-order valence-corrected chi connectivity index (χ1v) is 8.36. The van der Waals surface area contributed by atoms with E-state index in [1.807, 2.05) is 17.0 Å². The maximum Gasteiger partial charge on any atom is 0.303 e. The molecule has 5 heteroatoms. The molecule has 2 unspecified atom stereocenters. The van der Waals surface area contributed by atoms with Crippen LogP contribution in [0.3, 0.4) is 0 Å². The van der Waals surface area contributed by atoms with E-state index in [9.17, 15) is 9.59 Å². The molecule has 0 saturated carbocycles. The summed E-state index contributed by atoms with van der Waals surface area (Å²) in [5.74, 6) is 0.610. The Balaban J connectivity index is 1.61. The lowest BCUT2D eigenvalue weighted by molar-refractivity contribution is -0.137. The molecular weight excluding hydrogens is 286 g/mol. The average Bonchev–Trinajstić information content (AvgIpc) is 3.11. The van der Waals surface area contributed by atoms with Crippen molar-refractivity contribution in [2.45, 2.75) is 30.1 Å². The second kappa shape index (κ2) is 6.10. The van der Waals surface area contributed by atoms with Crippen molar-refractivity contribution in [1.82, 2.24) is 4.90 Å². The fraction of sp³-hybridized carbons (Fsp3) is 0.500. The van der Waals surface area contributed by atoms with E-state index in [0.29, 0.717) is 12.3 Å². The van der Waals surface area contributed by atoms with Gasteiger partial charge >= 0.3 is 5.97 Å². The number of carboxylic acid groups (broad SMARTS) is 1. The van der Waals surface area contributed by atoms with Gasteiger partial charge in [0.1, 0.15) is 0 Å². The standard InChI is InChI=1S/C16H19NO3S/c18-15(19)6-5-11-7-8-17(9-11)16(20)13-10-21-14-4-2-1-3-12(13)14/h1-4,11,13H,5-10H2,(H,18,19). The number of likely N-dealkylation sites (tertiary alicyclic amines) is 1. The van der Waals surface area contributed by atoms with Gasteiger partial charge in [-0.25, -0.2) is 0 Å². The van der Waals surface area contributed by atoms with E-state index in [2.05, 4.69) is 12.1 Å². The number of carbonyl (C=O) groups excluding carboxylic acids is 1. The summed E-state index contributed by atoms with van der Waals surface area (Å²) in [6.07, 6.45) is 1.81. The van der Waals surface area contributed by atoms with Crippen molar-refractivity contribution in [1.29, 1.82) is 0 Å². The number of thioether (sulfide) groups is 1. The summed E-state index contributed by atoms with van der Waals surface area (Å²) in [5, 5.41) is 8.75. The van der Waals surface area contributed by atoms with Crippen LogP contribution in [-0.2, 0) is 9.59 Å². The molecule has 1 fully saturated rings. The van der Waals surface area contributed by atoms with E-state index in [1.54, 1.807) is 11.8 Å². The van der Waals surface area contributed by atoms with E-state index in [4.69, 9.17) is 5.11 Å². The van der Waals surface area contributed by atoms with Gasteiger partial charge in [-0.3, -0.25) is 9.59 Å². The van der Waals surface area contributed by atoms with Crippen LogP contribution < -0.4 is 0 Å². The molecule has 1 saturated heterocycles. The highest BCUT2D eigenvalue weighted by molar-refractivity contribution is 7.99. The maximum atomic E-state index is 12.7. The van der Waals surface area contributed by atoms with Crippen LogP contribution in [0, 0.1) is 5.92 Å². The van der Waals surface area contributed by atoms with Crippen LogP contribution in [0.5, 0.6) is 0 Å². The molecular formula is C16H19NO3S. The van der Waals surface area contributed by atoms with Gasteiger partial charge in [-0.15, -0.1) is 11.8 Å². The van der Waals surface area contributed by atoms with Gasteiger partial charge in [-0.1, -0.05) is 18.2 Å². The lowest BCUT2D eigenvalue weighted by atomic mass is 10.00. The van der Waals surface area contributed by atoms with E-state index in [-0.39, 0.29) is 18.2 Å². The number of benzene rings is 1. The maximum absolute atomic E-state index is 12.7. The van der Waals surface area contributed by atoms with Crippen LogP contribution in [-0.4, -0.2) is 40.7 Å². The van der Waals surface area contributed by atoms with Gasteiger partial charge in [-0.2, -0.15) is 0 Å². The van der Waals surface area contributed by atoms with Gasteiger partial charge in [0.2, 0.25) is 5.91 Å². The Kier molecular flexibility index (Phi) is 4.19. The number of carbonyl (C=O) groups is 2. The molecule has 0 aromatic heterocycles. The van der Waals surface area contributed by atoms with Crippen molar-refractivity contribution in [3.8, 4) is 0 Å². The molecule has 3 rings (SSSR count). The molecule has 1 aromatic carbocycles. The summed E-state index contributed by atoms with van der Waals surface area (Å²) in [6, 6.07) is 8.13. The van der Waals surface area contributed by atoms with E-state index < -0.39 is 5.97 Å². The summed E-state index contributed by atoms with van der Waals surface area (Å²) < 4.78 is 0. The van der Waals surface area contributed by atoms with Crippen molar-refractivity contribution in [3.05, 3.63) is 29.8 Å². The molecule has 2 heterocycles. The predicted molar refractivity (Wildman–Crippen MR) is 81.5 cm³/mol. The summed E-state index contributed by atoms with van der Waals surface area (Å²) in [4.78, 5) is 26.5. The van der Waals surface area contributed by atoms with Gasteiger partial charge in [0, 0.05) is 30.2 Å². The molecule has 1 aromatic rings. The first kappa shape index (κ1) is 14.4. The number of rotatable bonds is 4. The zero-order valence-corrected chi connectivity index (χ0v) is 12.6. The Hall–Kier alpha value is -1.49. The van der Waals surface area contributed by atoms with Gasteiger partial charge in [-0.05, 0) is 30.4 Å². The highest BCUT2D eigenvalue weighted by Crippen LogP contribution is 2.40. The van der Waals surface area contributed by atoms with Crippen LogP contribution in [0.15, 0.2) is 29.2 Å². The van der Waals surface area contributed by atoms with Crippen molar-refractivity contribution in [2.75, 3.05) is 18.8 Å². The Bertz CT molecular complexity index is 560. The highest BCUT2D eigenvalue weighted by atomic mass is 32.2. The summed E-state index contributed by atoms with van der Waals surface area (Å²) in [6.45, 7) is 1.49. The Labute approximate surface area is 128 Å². The average molecular weight is 305 g/mol. The third-order valence-electron chi connectivity index (χ3n) is 4.36. The minimum atomic E-state index is -0.749. The minimum Gasteiger partial charge on any atom is -0.481 e. The Morgan fingerprint density at radius 1 is 1.33 bits per heavy atom. The molecule has 2 atom stereocenters. The monoisotopic (exact) mass is 305 g/mol. The summed E-state index contributed by atoms with van der Waals surface area (Å²) in [7, 11) is 0. The lowest BCUT2D eigenvalue weighted by Crippen LogP contribution is -2.33. The molecule has 1 amide bonds. The summed E-state index contributed by atoms with van der Waals surface area (Å²) in [5.41, 5.74) is 1.15. The first-order valence-electron chi connectivity index (χ1n) is 7.37. The zero-order valence-electron chi connectivity index (χ0n) is 11.8. The van der Waals surface area contributed by atoms with Crippen molar-refractivity contribution in [3.63, 3.8) is 0 Å². The number of hydrogen-bond donors (Lipinski definition) is 1. The zero-order chi connectivity index (χ0) is 14.8. The second-order valence-corrected chi connectivity index (χ2v) is 6.83. The van der Waals surface area contributed by atoms with Crippen LogP contribution in [0.25, 0.3) is 0 Å². The van der Waals surface area contributed by atoms with Gasteiger partial charge in [0.15, 0.2) is 0 Å². The Morgan fingerprint density at radius 3 is 2.95 bits per heavy atom. The molecule has 0 spiro atoms. The van der Waals surface area contributed by atoms with Crippen LogP contribution >= 0.6 is 11.8 Å². The topological polar surface area (TPSA) is 57.6 Å². The molecule has 2 aliphatic heterocycles. The fourth-order valence-electron chi connectivity index (χ4n) is 3.18. The van der Waals surface area contributed by atoms with Crippen molar-refractivity contribution in [2.24, 2.45) is 5.92 Å². The summed E-state index contributed by atoms with van der Waals surface area (Å²) >= 11 is 1.75. The third-order valence-corrected chi connectivity index (χ3v) is 5.54. The second-order valence-electron chi connectivity index (χ2n) is 5.77. The fourth-order valence-corrected chi connectivity index (χ4v) is 4.40. The van der Waals surface area contributed by atoms with Crippen LogP contribution in [0.4, 0.5) is 0 Å². The van der Waals surface area contributed by atoms with Gasteiger partial charge in [0.05, 0.1) is 5.92 Å². The van der Waals surface area contributed by atoms with E-state index in [0.717, 1.165) is 30.8 Å². The number of carboxylic acids is 1. The van der Waals surface area contributed by atoms with Crippen LogP contribution in [0.1, 0.15) is 30.7 Å². The van der Waals surface area contributed by atoms with Gasteiger partial charge in [0.25, 0.3) is 0 Å². The third kappa shape index (κ3) is 3.07. The number of nitrogens with zero attached hydrogens (tertiary/aromatic N) is 1. The molecule has 1 N–H and O–H groups in total. The number of fused-ring (bicyclic) bond motifs is 1. The molecule has 0 radical (unpaired) electrons. The number of hydrogen-bond acceptors (Lipinski definition) is 3. The molecule has 21 heavy (non-hydrogen) atoms. The number of aliphatic carboxylic acids is 1. The normalized spacial score (nSPS) is 24.1. The van der Waals surface area contributed by atoms with Crippen molar-refractivity contribution >= 4 is 23.6 Å². The SMILES string of the molecule is O=C(O)CCC1CCN(C(=O)C2CSc3ccccc32)C1. The lowest BCUT2D eigenvalue weighted by Gasteiger charge is -2.21. The van der Waals surface area contributed by atoms with Crippen LogP contribution in [0.2, 0.25) is 0 Å². The number of amides is 1. The smallest absolute Gasteiger partial charge is 0.303 e. The van der Waals surface area contributed by atoms with E-state index >= 15 is 0 Å². The van der Waals surface area contributed by atoms with Crippen molar-refractivity contribution < 1.29 is 14.7 Å². The largest absolute Gasteiger partial charge is 0.481 e. The molecule has 0 bridgehead atoms. The minimum absolute atomic E-state index is 0.0237. The molecule has 2 aliphatic rings. The highest BCUT2D eigenvalue weighted by Gasteiger charge is 2.35. The van der Waals surface area contributed by atoms with E-state index in [1.165, 1.54) is 4.90 Å². The predicted octanol–water partition coefficient (Wildman–Crippen LogP) is 2.59. The first-order chi connectivity index (χ1) is 10.1.